The lowest BCUT2D eigenvalue weighted by Crippen LogP contribution is -2.45. The Morgan fingerprint density at radius 1 is 0.930 bits per heavy atom. The molecule has 7 unspecified atom stereocenters. The highest BCUT2D eigenvalue weighted by Crippen LogP contribution is 2.61. The van der Waals surface area contributed by atoms with Crippen LogP contribution in [-0.2, 0) is 41.5 Å². The van der Waals surface area contributed by atoms with Crippen LogP contribution in [0.4, 0.5) is 4.79 Å². The number of fused-ring (bicyclic) bond motifs is 5. The maximum absolute atomic E-state index is 13.8. The number of aromatic hydroxyl groups is 1. The Kier molecular flexibility index (Phi) is 16.4. The molecule has 2 fully saturated rings. The Morgan fingerprint density at radius 2 is 1.72 bits per heavy atom. The summed E-state index contributed by atoms with van der Waals surface area (Å²) in [7, 11) is 0. The highest BCUT2D eigenvalue weighted by molar-refractivity contribution is 5.93. The number of unbranched alkanes of at least 4 members (excludes halogenated alkanes) is 3. The number of Topliss-reactive ketones (excluding diaryl/α,β-unsaturated/α-hetero) is 1. The zero-order chi connectivity index (χ0) is 40.8. The maximum Gasteiger partial charge on any atom is 0.510 e. The first-order valence-electron chi connectivity index (χ1n) is 21.3. The van der Waals surface area contributed by atoms with Gasteiger partial charge in [0.1, 0.15) is 11.9 Å². The second-order valence-electron chi connectivity index (χ2n) is 16.6. The number of nitrogens with two attached hydrogens (primary N) is 1. The Hall–Kier alpha value is -4.45. The van der Waals surface area contributed by atoms with Gasteiger partial charge in [0.25, 0.3) is 0 Å². The summed E-state index contributed by atoms with van der Waals surface area (Å²) in [6.45, 7) is 4.92. The molecule has 0 spiro atoms. The van der Waals surface area contributed by atoms with Gasteiger partial charge in [-0.2, -0.15) is 0 Å². The SMILES string of the molecule is CCCCCNC(=O)CCC(=O)NC(Cc1ccccc1)C(=O)CC(CCCCN)C(=O)NCOC(=O)OC1CCC2C3CCc4cc(O)ccc4C3CCC12C. The summed E-state index contributed by atoms with van der Waals surface area (Å²) < 4.78 is 11.3. The molecule has 2 aromatic carbocycles. The number of carbonyl (C=O) groups excluding carboxylic acids is 5. The van der Waals surface area contributed by atoms with Crippen molar-refractivity contribution in [1.82, 2.24) is 16.0 Å². The fourth-order valence-corrected chi connectivity index (χ4v) is 9.70. The Balaban J connectivity index is 1.13. The van der Waals surface area contributed by atoms with Crippen molar-refractivity contribution in [2.24, 2.45) is 28.9 Å². The summed E-state index contributed by atoms with van der Waals surface area (Å²) >= 11 is 0. The Bertz CT molecular complexity index is 1670. The smallest absolute Gasteiger partial charge is 0.508 e. The van der Waals surface area contributed by atoms with Gasteiger partial charge in [0, 0.05) is 37.1 Å². The monoisotopic (exact) mass is 788 g/mol. The van der Waals surface area contributed by atoms with Crippen molar-refractivity contribution in [2.45, 2.75) is 135 Å². The van der Waals surface area contributed by atoms with Crippen LogP contribution in [0.5, 0.6) is 5.75 Å². The molecule has 0 aromatic heterocycles. The van der Waals surface area contributed by atoms with E-state index in [9.17, 15) is 29.1 Å². The van der Waals surface area contributed by atoms with Crippen molar-refractivity contribution < 1.29 is 38.6 Å². The van der Waals surface area contributed by atoms with Crippen molar-refractivity contribution in [3.8, 4) is 5.75 Å². The third-order valence-corrected chi connectivity index (χ3v) is 12.8. The summed E-state index contributed by atoms with van der Waals surface area (Å²) in [6, 6.07) is 14.2. The third-order valence-electron chi connectivity index (χ3n) is 12.8. The largest absolute Gasteiger partial charge is 0.510 e. The average Bonchev–Trinajstić information content (AvgIpc) is 3.53. The lowest BCUT2D eigenvalue weighted by molar-refractivity contribution is -0.133. The Labute approximate surface area is 337 Å². The van der Waals surface area contributed by atoms with E-state index in [0.717, 1.165) is 63.4 Å². The topological polar surface area (TPSA) is 186 Å². The second-order valence-corrected chi connectivity index (χ2v) is 16.6. The molecule has 2 saturated carbocycles. The minimum absolute atomic E-state index is 0.0140. The maximum atomic E-state index is 13.8. The van der Waals surface area contributed by atoms with E-state index in [-0.39, 0.29) is 48.9 Å². The van der Waals surface area contributed by atoms with E-state index in [1.807, 2.05) is 36.4 Å². The number of hydrogen-bond donors (Lipinski definition) is 5. The van der Waals surface area contributed by atoms with E-state index in [0.29, 0.717) is 55.9 Å². The minimum Gasteiger partial charge on any atom is -0.508 e. The van der Waals surface area contributed by atoms with Crippen LogP contribution in [0, 0.1) is 23.2 Å². The first-order chi connectivity index (χ1) is 27.5. The van der Waals surface area contributed by atoms with E-state index in [4.69, 9.17) is 15.2 Å². The van der Waals surface area contributed by atoms with Gasteiger partial charge in [0.15, 0.2) is 12.5 Å². The van der Waals surface area contributed by atoms with E-state index in [1.165, 1.54) is 11.1 Å². The Morgan fingerprint density at radius 3 is 2.49 bits per heavy atom. The molecule has 12 heteroatoms. The van der Waals surface area contributed by atoms with Gasteiger partial charge in [0.2, 0.25) is 17.7 Å². The molecule has 5 rings (SSSR count). The predicted molar refractivity (Wildman–Crippen MR) is 217 cm³/mol. The van der Waals surface area contributed by atoms with Gasteiger partial charge in [-0.15, -0.1) is 0 Å². The summed E-state index contributed by atoms with van der Waals surface area (Å²) in [4.78, 5) is 65.7. The first kappa shape index (κ1) is 43.7. The normalized spacial score (nSPS) is 23.1. The molecular formula is C45H64N4O8. The number of aryl methyl sites for hydroxylation is 1. The number of rotatable bonds is 21. The van der Waals surface area contributed by atoms with Crippen LogP contribution >= 0.6 is 0 Å². The number of hydrogen-bond acceptors (Lipinski definition) is 9. The molecule has 12 nitrogen and oxygen atoms in total. The second kappa shape index (κ2) is 21.3. The quantitative estimate of drug-likeness (QED) is 0.0545. The van der Waals surface area contributed by atoms with Crippen LogP contribution in [0.1, 0.15) is 126 Å². The molecule has 312 valence electrons. The third kappa shape index (κ3) is 12.0. The number of nitrogens with one attached hydrogen (secondary N) is 3. The van der Waals surface area contributed by atoms with Crippen molar-refractivity contribution >= 4 is 29.7 Å². The fourth-order valence-electron chi connectivity index (χ4n) is 9.70. The first-order valence-corrected chi connectivity index (χ1v) is 21.3. The molecule has 2 aromatic rings. The highest BCUT2D eigenvalue weighted by Gasteiger charge is 2.56. The highest BCUT2D eigenvalue weighted by atomic mass is 16.7. The van der Waals surface area contributed by atoms with E-state index >= 15 is 0 Å². The molecular weight excluding hydrogens is 725 g/mol. The average molecular weight is 789 g/mol. The van der Waals surface area contributed by atoms with Crippen molar-refractivity contribution in [2.75, 3.05) is 19.8 Å². The molecule has 3 aliphatic rings. The molecule has 0 bridgehead atoms. The van der Waals surface area contributed by atoms with Crippen LogP contribution in [0.25, 0.3) is 0 Å². The standard InChI is InChI=1S/C45H64N4O8/c1-3-4-10-25-47-41(52)20-21-42(53)49-38(26-30-11-6-5-7-12-30)39(51)28-32(13-8-9-24-46)43(54)48-29-56-44(55)57-40-19-18-37-36-16-14-31-27-33(50)15-17-34(31)35(36)22-23-45(37,40)2/h5-7,11-12,15,17,27,32,35-38,40,50H,3-4,8-10,13-14,16,18-26,28-29,46H2,1-2H3,(H,47,52)(H,48,54)(H,49,53). The number of carbonyl (C=O) groups is 5. The van der Waals surface area contributed by atoms with Gasteiger partial charge in [0.05, 0.1) is 6.04 Å². The van der Waals surface area contributed by atoms with Crippen LogP contribution < -0.4 is 21.7 Å². The summed E-state index contributed by atoms with van der Waals surface area (Å²) in [5.41, 5.74) is 9.00. The van der Waals surface area contributed by atoms with Crippen molar-refractivity contribution in [3.05, 3.63) is 65.2 Å². The molecule has 3 aliphatic carbocycles. The van der Waals surface area contributed by atoms with Gasteiger partial charge in [-0.3, -0.25) is 19.2 Å². The van der Waals surface area contributed by atoms with Gasteiger partial charge < -0.3 is 36.3 Å². The summed E-state index contributed by atoms with van der Waals surface area (Å²) in [6.07, 6.45) is 9.19. The molecule has 57 heavy (non-hydrogen) atoms. The number of phenolic OH excluding ortho intramolecular Hbond substituents is 1. The number of amides is 3. The van der Waals surface area contributed by atoms with Crippen LogP contribution in [0.15, 0.2) is 48.5 Å². The molecule has 0 radical (unpaired) electrons. The number of ketones is 1. The molecule has 0 aliphatic heterocycles. The minimum atomic E-state index is -0.896. The van der Waals surface area contributed by atoms with Crippen molar-refractivity contribution in [1.29, 1.82) is 0 Å². The van der Waals surface area contributed by atoms with Gasteiger partial charge in [-0.25, -0.2) is 4.79 Å². The fraction of sp³-hybridized carbons (Fsp3) is 0.622. The van der Waals surface area contributed by atoms with Crippen molar-refractivity contribution in [3.63, 3.8) is 0 Å². The number of phenols is 1. The molecule has 0 heterocycles. The zero-order valence-corrected chi connectivity index (χ0v) is 33.9. The predicted octanol–water partition coefficient (Wildman–Crippen LogP) is 6.36. The van der Waals surface area contributed by atoms with Gasteiger partial charge in [-0.05, 0) is 117 Å². The summed E-state index contributed by atoms with van der Waals surface area (Å²) in [5.74, 6) is -0.426. The lowest BCUT2D eigenvalue weighted by Gasteiger charge is -2.50. The van der Waals surface area contributed by atoms with Crippen LogP contribution in [-0.4, -0.2) is 66.7 Å². The molecule has 0 saturated heterocycles. The van der Waals surface area contributed by atoms with Gasteiger partial charge >= 0.3 is 6.16 Å². The number of benzene rings is 2. The summed E-state index contributed by atoms with van der Waals surface area (Å²) in [5, 5.41) is 18.4. The van der Waals surface area contributed by atoms with Gasteiger partial charge in [-0.1, -0.05) is 69.5 Å². The van der Waals surface area contributed by atoms with Crippen LogP contribution in [0.2, 0.25) is 0 Å². The molecule has 7 atom stereocenters. The van der Waals surface area contributed by atoms with E-state index in [2.05, 4.69) is 35.9 Å². The lowest BCUT2D eigenvalue weighted by atomic mass is 9.55. The molecule has 3 amide bonds. The van der Waals surface area contributed by atoms with Crippen LogP contribution in [0.3, 0.4) is 0 Å². The zero-order valence-electron chi connectivity index (χ0n) is 33.9. The molecule has 6 N–H and O–H groups in total. The number of ether oxygens (including phenoxy) is 2. The van der Waals surface area contributed by atoms with E-state index < -0.39 is 36.7 Å². The van der Waals surface area contributed by atoms with E-state index in [1.54, 1.807) is 6.07 Å².